The van der Waals surface area contributed by atoms with Gasteiger partial charge in [0.1, 0.15) is 18.7 Å². The first-order valence-corrected chi connectivity index (χ1v) is 16.6. The molecule has 0 spiro atoms. The highest BCUT2D eigenvalue weighted by molar-refractivity contribution is 7.57. The van der Waals surface area contributed by atoms with E-state index in [1.807, 2.05) is 71.9 Å². The molecule has 1 aromatic rings. The number of alkyl carbamates (subject to hydrolysis) is 1. The second-order valence-corrected chi connectivity index (χ2v) is 13.4. The van der Waals surface area contributed by atoms with Gasteiger partial charge in [0.25, 0.3) is 0 Å². The molecule has 0 fully saturated rings. The van der Waals surface area contributed by atoms with Gasteiger partial charge in [0.2, 0.25) is 11.8 Å². The maximum Gasteiger partial charge on any atom is 0.408 e. The Labute approximate surface area is 252 Å². The van der Waals surface area contributed by atoms with E-state index in [0.29, 0.717) is 19.3 Å². The normalized spacial score (nSPS) is 14.2. The van der Waals surface area contributed by atoms with Crippen LogP contribution >= 0.6 is 7.60 Å². The molecule has 0 bridgehead atoms. The lowest BCUT2D eigenvalue weighted by atomic mass is 9.99. The van der Waals surface area contributed by atoms with Crippen molar-refractivity contribution in [1.82, 2.24) is 16.0 Å². The number of carbonyl (C=O) groups is 3. The first-order valence-electron chi connectivity index (χ1n) is 14.9. The average molecular weight is 610 g/mol. The lowest BCUT2D eigenvalue weighted by Crippen LogP contribution is -2.55. The van der Waals surface area contributed by atoms with Gasteiger partial charge in [-0.2, -0.15) is 0 Å². The average Bonchev–Trinajstić information content (AvgIpc) is 2.90. The molecule has 3 amide bonds. The number of amides is 3. The van der Waals surface area contributed by atoms with Gasteiger partial charge in [0.15, 0.2) is 0 Å². The zero-order valence-electron chi connectivity index (χ0n) is 26.6. The largest absolute Gasteiger partial charge is 0.445 e. The van der Waals surface area contributed by atoms with Gasteiger partial charge in [-0.1, -0.05) is 78.0 Å². The summed E-state index contributed by atoms with van der Waals surface area (Å²) >= 11 is 0. The van der Waals surface area contributed by atoms with Crippen LogP contribution in [0.3, 0.4) is 0 Å². The van der Waals surface area contributed by atoms with Gasteiger partial charge in [-0.3, -0.25) is 14.2 Å². The van der Waals surface area contributed by atoms with Gasteiger partial charge in [-0.05, 0) is 56.4 Å². The van der Waals surface area contributed by atoms with Crippen LogP contribution in [0, 0.1) is 17.8 Å². The van der Waals surface area contributed by atoms with Gasteiger partial charge in [-0.15, -0.1) is 0 Å². The Kier molecular flexibility index (Phi) is 17.3. The molecular weight excluding hydrogens is 557 g/mol. The molecule has 11 heteroatoms. The predicted molar refractivity (Wildman–Crippen MR) is 166 cm³/mol. The zero-order valence-corrected chi connectivity index (χ0v) is 27.4. The number of hydrogen-bond acceptors (Lipinski definition) is 7. The summed E-state index contributed by atoms with van der Waals surface area (Å²) < 4.78 is 29.0. The highest BCUT2D eigenvalue weighted by Gasteiger charge is 2.29. The molecule has 1 rings (SSSR count). The molecule has 3 atom stereocenters. The maximum atomic E-state index is 13.5. The lowest BCUT2D eigenvalue weighted by molar-refractivity contribution is -0.130. The number of hydrogen-bond donors (Lipinski definition) is 3. The van der Waals surface area contributed by atoms with E-state index in [1.54, 1.807) is 19.9 Å². The van der Waals surface area contributed by atoms with E-state index >= 15 is 0 Å². The molecule has 42 heavy (non-hydrogen) atoms. The molecule has 0 aliphatic rings. The monoisotopic (exact) mass is 609 g/mol. The summed E-state index contributed by atoms with van der Waals surface area (Å²) in [6.07, 6.45) is 2.27. The topological polar surface area (TPSA) is 132 Å². The molecule has 0 aliphatic heterocycles. The Morgan fingerprint density at radius 1 is 0.762 bits per heavy atom. The van der Waals surface area contributed by atoms with Crippen molar-refractivity contribution in [3.8, 4) is 0 Å². The van der Waals surface area contributed by atoms with Gasteiger partial charge >= 0.3 is 13.7 Å². The molecule has 0 unspecified atom stereocenters. The molecule has 10 nitrogen and oxygen atoms in total. The molecule has 0 aliphatic carbocycles. The van der Waals surface area contributed by atoms with Gasteiger partial charge in [-0.25, -0.2) is 4.79 Å². The smallest absolute Gasteiger partial charge is 0.408 e. The Balaban J connectivity index is 3.04. The van der Waals surface area contributed by atoms with Crippen molar-refractivity contribution in [2.24, 2.45) is 17.8 Å². The third kappa shape index (κ3) is 15.5. The van der Waals surface area contributed by atoms with Crippen molar-refractivity contribution in [2.45, 2.75) is 99.4 Å². The van der Waals surface area contributed by atoms with Crippen LogP contribution in [0.5, 0.6) is 0 Å². The quantitative estimate of drug-likeness (QED) is 0.160. The van der Waals surface area contributed by atoms with Gasteiger partial charge in [0.05, 0.1) is 13.2 Å². The Morgan fingerprint density at radius 3 is 1.76 bits per heavy atom. The van der Waals surface area contributed by atoms with Crippen LogP contribution in [0.2, 0.25) is 0 Å². The van der Waals surface area contributed by atoms with Crippen molar-refractivity contribution in [3.63, 3.8) is 0 Å². The van der Waals surface area contributed by atoms with Crippen LogP contribution in [-0.4, -0.2) is 49.2 Å². The Morgan fingerprint density at radius 2 is 1.26 bits per heavy atom. The summed E-state index contributed by atoms with van der Waals surface area (Å²) in [5, 5.41) is 8.51. The van der Waals surface area contributed by atoms with Crippen LogP contribution < -0.4 is 16.0 Å². The summed E-state index contributed by atoms with van der Waals surface area (Å²) in [6, 6.07) is 7.07. The van der Waals surface area contributed by atoms with E-state index in [0.717, 1.165) is 5.56 Å². The van der Waals surface area contributed by atoms with E-state index < -0.39 is 37.7 Å². The van der Waals surface area contributed by atoms with Crippen LogP contribution in [0.1, 0.15) is 80.2 Å². The predicted octanol–water partition coefficient (Wildman–Crippen LogP) is 6.17. The number of benzene rings is 1. The molecule has 1 aromatic carbocycles. The third-order valence-corrected chi connectivity index (χ3v) is 7.81. The van der Waals surface area contributed by atoms with Crippen molar-refractivity contribution in [1.29, 1.82) is 0 Å². The fourth-order valence-corrected chi connectivity index (χ4v) is 5.64. The van der Waals surface area contributed by atoms with E-state index in [2.05, 4.69) is 16.0 Å². The van der Waals surface area contributed by atoms with Gasteiger partial charge in [0, 0.05) is 11.9 Å². The number of ether oxygens (including phenoxy) is 1. The van der Waals surface area contributed by atoms with Crippen molar-refractivity contribution in [3.05, 3.63) is 47.8 Å². The van der Waals surface area contributed by atoms with E-state index in [4.69, 9.17) is 13.8 Å². The fraction of sp³-hybridized carbons (Fsp3) is 0.645. The van der Waals surface area contributed by atoms with E-state index in [-0.39, 0.29) is 43.5 Å². The minimum Gasteiger partial charge on any atom is -0.445 e. The summed E-state index contributed by atoms with van der Waals surface area (Å²) in [7, 11) is -3.45. The standard InChI is InChI=1S/C31H52N3O7P/c1-9-40-42(38,41-10-2)17-16-26(18-22(3)4)32-29(35)27(19-23(5)6)33-30(36)28(20-24(7)8)34-31(37)39-21-25-14-12-11-13-15-25/h11-17,22-24,26-28H,9-10,18-21H2,1-8H3,(H,32,35)(H,33,36)(H,34,37)/b17-16+/t26-,27+,28+/m1/s1. The van der Waals surface area contributed by atoms with Crippen LogP contribution in [0.4, 0.5) is 4.79 Å². The first kappa shape index (κ1) is 37.3. The molecule has 3 N–H and O–H groups in total. The van der Waals surface area contributed by atoms with Crippen molar-refractivity contribution in [2.75, 3.05) is 13.2 Å². The van der Waals surface area contributed by atoms with Crippen LogP contribution in [-0.2, 0) is 34.5 Å². The summed E-state index contributed by atoms with van der Waals surface area (Å²) in [5.74, 6) is 0.980. The van der Waals surface area contributed by atoms with Crippen LogP contribution in [0.15, 0.2) is 42.2 Å². The van der Waals surface area contributed by atoms with Crippen molar-refractivity contribution >= 4 is 25.5 Å². The molecule has 0 radical (unpaired) electrons. The highest BCUT2D eigenvalue weighted by atomic mass is 31.2. The minimum absolute atomic E-state index is 0.0748. The molecule has 0 aromatic heterocycles. The second kappa shape index (κ2) is 19.5. The minimum atomic E-state index is -3.45. The molecule has 0 heterocycles. The number of carbonyl (C=O) groups excluding carboxylic acids is 3. The molecule has 0 saturated carbocycles. The Hall–Kier alpha value is -2.68. The zero-order chi connectivity index (χ0) is 31.7. The SMILES string of the molecule is CCOP(=O)(/C=C/[C@H](CC(C)C)NC(=O)[C@H](CC(C)C)NC(=O)[C@H](CC(C)C)NC(=O)OCc1ccccc1)OCC. The molecular formula is C31H52N3O7P. The first-order chi connectivity index (χ1) is 19.8. The molecule has 238 valence electrons. The number of rotatable bonds is 19. The molecule has 0 saturated heterocycles. The number of nitrogens with one attached hydrogen (secondary N) is 3. The van der Waals surface area contributed by atoms with E-state index in [9.17, 15) is 18.9 Å². The lowest BCUT2D eigenvalue weighted by Gasteiger charge is -2.27. The summed E-state index contributed by atoms with van der Waals surface area (Å²) in [4.78, 5) is 39.5. The van der Waals surface area contributed by atoms with Gasteiger partial charge < -0.3 is 29.7 Å². The van der Waals surface area contributed by atoms with Crippen LogP contribution in [0.25, 0.3) is 0 Å². The maximum absolute atomic E-state index is 13.5. The summed E-state index contributed by atoms with van der Waals surface area (Å²) in [6.45, 7) is 15.8. The fourth-order valence-electron chi connectivity index (χ4n) is 4.25. The second-order valence-electron chi connectivity index (χ2n) is 11.5. The third-order valence-electron chi connectivity index (χ3n) is 6.04. The summed E-state index contributed by atoms with van der Waals surface area (Å²) in [5.41, 5.74) is 0.829. The van der Waals surface area contributed by atoms with E-state index in [1.165, 1.54) is 5.82 Å². The van der Waals surface area contributed by atoms with Crippen molar-refractivity contribution < 1.29 is 32.7 Å². The highest BCUT2D eigenvalue weighted by Crippen LogP contribution is 2.49. The Bertz CT molecular complexity index is 1020.